The van der Waals surface area contributed by atoms with Crippen LogP contribution in [0.15, 0.2) is 73.1 Å². The van der Waals surface area contributed by atoms with Crippen LogP contribution in [-0.2, 0) is 5.60 Å². The summed E-state index contributed by atoms with van der Waals surface area (Å²) >= 11 is 0. The number of pyridine rings is 1. The number of nitrogens with zero attached hydrogens (tertiary/aromatic N) is 2. The van der Waals surface area contributed by atoms with Crippen molar-refractivity contribution < 1.29 is 27.8 Å². The van der Waals surface area contributed by atoms with Gasteiger partial charge in [0.2, 0.25) is 0 Å². The Morgan fingerprint density at radius 2 is 1.47 bits per heavy atom. The van der Waals surface area contributed by atoms with E-state index in [0.717, 1.165) is 0 Å². The van der Waals surface area contributed by atoms with Crippen LogP contribution >= 0.6 is 0 Å². The molecule has 2 heterocycles. The Bertz CT molecular complexity index is 1050. The molecule has 1 fully saturated rings. The van der Waals surface area contributed by atoms with E-state index < -0.39 is 17.4 Å². The highest BCUT2D eigenvalue weighted by Crippen LogP contribution is 2.50. The molecule has 1 aliphatic rings. The van der Waals surface area contributed by atoms with Gasteiger partial charge in [-0.05, 0) is 54.6 Å². The van der Waals surface area contributed by atoms with E-state index in [2.05, 4.69) is 14.6 Å². The molecule has 4 rings (SSSR count). The predicted octanol–water partition coefficient (Wildman–Crippen LogP) is 4.96. The number of benzene rings is 2. The first-order chi connectivity index (χ1) is 15.1. The van der Waals surface area contributed by atoms with Crippen molar-refractivity contribution in [2.24, 2.45) is 5.41 Å². The number of hydrogen-bond acceptors (Lipinski definition) is 5. The molecule has 0 bridgehead atoms. The zero-order valence-corrected chi connectivity index (χ0v) is 17.6. The fraction of sp³-hybridized carbons (Fsp3) is 0.292. The first kappa shape index (κ1) is 22.1. The molecule has 5 nitrogen and oxygen atoms in total. The third-order valence-corrected chi connectivity index (χ3v) is 5.76. The van der Waals surface area contributed by atoms with Gasteiger partial charge in [0.25, 0.3) is 0 Å². The standard InChI is InChI=1S/C24H23F3N2O3/c1-22(15-29(2)16-22)23(30,18-7-11-20(12-8-18)32-24(25,26)27)17-5-9-19(10-6-17)31-21-4-3-13-28-14-21/h3-14,30H,15-16H2,1-2H3/t23-/m1/s1. The molecule has 0 amide bonds. The Morgan fingerprint density at radius 1 is 0.906 bits per heavy atom. The normalized spacial score (nSPS) is 17.8. The van der Waals surface area contributed by atoms with Crippen LogP contribution in [0, 0.1) is 5.41 Å². The van der Waals surface area contributed by atoms with E-state index in [1.807, 2.05) is 14.0 Å². The maximum Gasteiger partial charge on any atom is 0.573 e. The van der Waals surface area contributed by atoms with Crippen molar-refractivity contribution in [3.05, 3.63) is 84.2 Å². The molecule has 0 spiro atoms. The lowest BCUT2D eigenvalue weighted by molar-refractivity contribution is -0.274. The molecule has 1 aromatic heterocycles. The predicted molar refractivity (Wildman–Crippen MR) is 112 cm³/mol. The number of ether oxygens (including phenoxy) is 2. The molecule has 0 aliphatic carbocycles. The van der Waals surface area contributed by atoms with Gasteiger partial charge in [-0.1, -0.05) is 31.2 Å². The summed E-state index contributed by atoms with van der Waals surface area (Å²) in [6.07, 6.45) is -1.53. The number of likely N-dealkylation sites (tertiary alicyclic amines) is 1. The molecule has 0 radical (unpaired) electrons. The van der Waals surface area contributed by atoms with Crippen molar-refractivity contribution in [1.29, 1.82) is 0 Å². The van der Waals surface area contributed by atoms with Crippen molar-refractivity contribution in [2.75, 3.05) is 20.1 Å². The topological polar surface area (TPSA) is 54.8 Å². The summed E-state index contributed by atoms with van der Waals surface area (Å²) in [5.41, 5.74) is -0.858. The molecule has 0 unspecified atom stereocenters. The quantitative estimate of drug-likeness (QED) is 0.583. The third kappa shape index (κ3) is 4.28. The summed E-state index contributed by atoms with van der Waals surface area (Å²) in [5, 5.41) is 12.0. The first-order valence-electron chi connectivity index (χ1n) is 10.0. The van der Waals surface area contributed by atoms with Crippen molar-refractivity contribution in [2.45, 2.75) is 18.9 Å². The van der Waals surface area contributed by atoms with Crippen LogP contribution in [0.3, 0.4) is 0 Å². The zero-order valence-electron chi connectivity index (χ0n) is 17.6. The highest BCUT2D eigenvalue weighted by Gasteiger charge is 2.55. The summed E-state index contributed by atoms with van der Waals surface area (Å²) in [6, 6.07) is 16.0. The zero-order chi connectivity index (χ0) is 23.0. The van der Waals surface area contributed by atoms with Crippen molar-refractivity contribution in [1.82, 2.24) is 9.88 Å². The fourth-order valence-electron chi connectivity index (χ4n) is 4.44. The highest BCUT2D eigenvalue weighted by atomic mass is 19.4. The Kier molecular flexibility index (Phi) is 5.60. The summed E-state index contributed by atoms with van der Waals surface area (Å²) in [4.78, 5) is 6.09. The minimum Gasteiger partial charge on any atom is -0.456 e. The van der Waals surface area contributed by atoms with Gasteiger partial charge in [0, 0.05) is 24.7 Å². The summed E-state index contributed by atoms with van der Waals surface area (Å²) < 4.78 is 47.4. The largest absolute Gasteiger partial charge is 0.573 e. The molecule has 8 heteroatoms. The second kappa shape index (κ2) is 8.11. The van der Waals surface area contributed by atoms with Gasteiger partial charge in [0.1, 0.15) is 22.8 Å². The van der Waals surface area contributed by atoms with E-state index in [1.165, 1.54) is 24.3 Å². The molecule has 168 valence electrons. The lowest BCUT2D eigenvalue weighted by atomic mass is 9.62. The summed E-state index contributed by atoms with van der Waals surface area (Å²) in [7, 11) is 1.95. The minimum atomic E-state index is -4.77. The maximum absolute atomic E-state index is 12.5. The number of halogens is 3. The number of aliphatic hydroxyl groups is 1. The van der Waals surface area contributed by atoms with Gasteiger partial charge >= 0.3 is 6.36 Å². The van der Waals surface area contributed by atoms with E-state index in [1.54, 1.807) is 48.8 Å². The lowest BCUT2D eigenvalue weighted by Gasteiger charge is -2.56. The molecule has 0 saturated carbocycles. The molecular formula is C24H23F3N2O3. The summed E-state index contributed by atoms with van der Waals surface area (Å²) in [5.74, 6) is 0.831. The van der Waals surface area contributed by atoms with Crippen LogP contribution in [0.1, 0.15) is 18.1 Å². The second-order valence-corrected chi connectivity index (χ2v) is 8.33. The molecule has 2 aromatic carbocycles. The number of aromatic nitrogens is 1. The second-order valence-electron chi connectivity index (χ2n) is 8.33. The number of rotatable bonds is 6. The Labute approximate surface area is 184 Å². The van der Waals surface area contributed by atoms with E-state index in [9.17, 15) is 18.3 Å². The van der Waals surface area contributed by atoms with Gasteiger partial charge < -0.3 is 19.5 Å². The molecule has 32 heavy (non-hydrogen) atoms. The van der Waals surface area contributed by atoms with E-state index in [-0.39, 0.29) is 5.75 Å². The molecule has 1 aliphatic heterocycles. The van der Waals surface area contributed by atoms with Gasteiger partial charge in [-0.25, -0.2) is 0 Å². The van der Waals surface area contributed by atoms with Gasteiger partial charge in [-0.3, -0.25) is 4.98 Å². The fourth-order valence-corrected chi connectivity index (χ4v) is 4.44. The monoisotopic (exact) mass is 444 g/mol. The van der Waals surface area contributed by atoms with E-state index in [0.29, 0.717) is 35.7 Å². The molecular weight excluding hydrogens is 421 g/mol. The maximum atomic E-state index is 12.5. The number of hydrogen-bond donors (Lipinski definition) is 1. The van der Waals surface area contributed by atoms with Gasteiger partial charge in [-0.2, -0.15) is 0 Å². The third-order valence-electron chi connectivity index (χ3n) is 5.76. The van der Waals surface area contributed by atoms with E-state index in [4.69, 9.17) is 4.74 Å². The average molecular weight is 444 g/mol. The van der Waals surface area contributed by atoms with Crippen LogP contribution in [0.25, 0.3) is 0 Å². The minimum absolute atomic E-state index is 0.334. The van der Waals surface area contributed by atoms with Crippen LogP contribution in [0.2, 0.25) is 0 Å². The SMILES string of the molecule is CN1CC(C)([C@@](O)(c2ccc(Oc3cccnc3)cc2)c2ccc(OC(F)(F)F)cc2)C1. The van der Waals surface area contributed by atoms with Crippen LogP contribution in [0.4, 0.5) is 13.2 Å². The Morgan fingerprint density at radius 3 is 1.94 bits per heavy atom. The van der Waals surface area contributed by atoms with Crippen molar-refractivity contribution in [3.8, 4) is 17.2 Å². The van der Waals surface area contributed by atoms with E-state index >= 15 is 0 Å². The first-order valence-corrected chi connectivity index (χ1v) is 10.0. The average Bonchev–Trinajstić information content (AvgIpc) is 2.73. The van der Waals surface area contributed by atoms with Crippen LogP contribution in [-0.4, -0.2) is 41.5 Å². The Balaban J connectivity index is 1.66. The van der Waals surface area contributed by atoms with Crippen LogP contribution in [0.5, 0.6) is 17.2 Å². The van der Waals surface area contributed by atoms with Crippen molar-refractivity contribution in [3.63, 3.8) is 0 Å². The van der Waals surface area contributed by atoms with Crippen molar-refractivity contribution >= 4 is 0 Å². The number of alkyl halides is 3. The molecule has 1 saturated heterocycles. The van der Waals surface area contributed by atoms with Crippen LogP contribution < -0.4 is 9.47 Å². The van der Waals surface area contributed by atoms with Gasteiger partial charge in [0.15, 0.2) is 0 Å². The molecule has 1 N–H and O–H groups in total. The highest BCUT2D eigenvalue weighted by molar-refractivity contribution is 5.44. The van der Waals surface area contributed by atoms with Gasteiger partial charge in [-0.15, -0.1) is 13.2 Å². The summed E-state index contributed by atoms with van der Waals surface area (Å²) in [6.45, 7) is 3.21. The lowest BCUT2D eigenvalue weighted by Crippen LogP contribution is -2.63. The Hall–Kier alpha value is -3.10. The molecule has 1 atom stereocenters. The molecule has 3 aromatic rings. The van der Waals surface area contributed by atoms with Gasteiger partial charge in [0.05, 0.1) is 6.20 Å². The smallest absolute Gasteiger partial charge is 0.456 e.